The number of ether oxygens (including phenoxy) is 1. The van der Waals surface area contributed by atoms with Gasteiger partial charge >= 0.3 is 6.09 Å². The zero-order valence-corrected chi connectivity index (χ0v) is 15.7. The molecular formula is C20H24N4O2. The molecule has 136 valence electrons. The molecule has 0 spiro atoms. The lowest BCUT2D eigenvalue weighted by Crippen LogP contribution is -2.54. The molecule has 1 aromatic carbocycles. The highest BCUT2D eigenvalue weighted by molar-refractivity contribution is 5.95. The van der Waals surface area contributed by atoms with Gasteiger partial charge in [0.25, 0.3) is 0 Å². The molecule has 0 bridgehead atoms. The van der Waals surface area contributed by atoms with Gasteiger partial charge in [-0.1, -0.05) is 0 Å². The molecule has 6 nitrogen and oxygen atoms in total. The van der Waals surface area contributed by atoms with Crippen LogP contribution in [0.25, 0.3) is 10.9 Å². The van der Waals surface area contributed by atoms with Gasteiger partial charge in [-0.15, -0.1) is 0 Å². The highest BCUT2D eigenvalue weighted by Gasteiger charge is 2.30. The average molecular weight is 352 g/mol. The van der Waals surface area contributed by atoms with Crippen LogP contribution in [-0.4, -0.2) is 47.3 Å². The minimum absolute atomic E-state index is 0.132. The second kappa shape index (κ2) is 6.83. The molecule has 1 aliphatic heterocycles. The molecule has 26 heavy (non-hydrogen) atoms. The molecule has 0 N–H and O–H groups in total. The Morgan fingerprint density at radius 1 is 1.31 bits per heavy atom. The third kappa shape index (κ3) is 3.57. The number of hydrogen-bond acceptors (Lipinski definition) is 5. The van der Waals surface area contributed by atoms with E-state index in [9.17, 15) is 10.1 Å². The van der Waals surface area contributed by atoms with E-state index in [2.05, 4.69) is 22.9 Å². The van der Waals surface area contributed by atoms with E-state index in [1.165, 1.54) is 0 Å². The standard InChI is InChI=1S/C20H24N4O2/c1-14-13-23(19(25)26-20(2,3)4)10-11-24(14)17-8-7-15(12-21)18-16(17)6-5-9-22-18/h5-9,14H,10-11,13H2,1-4H3. The Morgan fingerprint density at radius 2 is 2.08 bits per heavy atom. The van der Waals surface area contributed by atoms with Crippen molar-refractivity contribution < 1.29 is 9.53 Å². The molecule has 1 amide bonds. The highest BCUT2D eigenvalue weighted by atomic mass is 16.6. The molecule has 1 unspecified atom stereocenters. The second-order valence-corrected chi connectivity index (χ2v) is 7.61. The van der Waals surface area contributed by atoms with Gasteiger partial charge in [-0.2, -0.15) is 5.26 Å². The number of amides is 1. The molecule has 0 aliphatic carbocycles. The summed E-state index contributed by atoms with van der Waals surface area (Å²) in [6, 6.07) is 10.0. The Balaban J connectivity index is 1.84. The van der Waals surface area contributed by atoms with Gasteiger partial charge in [-0.3, -0.25) is 4.98 Å². The van der Waals surface area contributed by atoms with Gasteiger partial charge in [0.2, 0.25) is 0 Å². The monoisotopic (exact) mass is 352 g/mol. The number of hydrogen-bond donors (Lipinski definition) is 0. The molecular weight excluding hydrogens is 328 g/mol. The Labute approximate surface area is 154 Å². The summed E-state index contributed by atoms with van der Waals surface area (Å²) >= 11 is 0. The largest absolute Gasteiger partial charge is 0.444 e. The number of fused-ring (bicyclic) bond motifs is 1. The summed E-state index contributed by atoms with van der Waals surface area (Å²) in [5.41, 5.74) is 1.84. The first kappa shape index (κ1) is 18.0. The smallest absolute Gasteiger partial charge is 0.410 e. The molecule has 0 saturated carbocycles. The molecule has 1 aliphatic rings. The Morgan fingerprint density at radius 3 is 2.73 bits per heavy atom. The minimum Gasteiger partial charge on any atom is -0.444 e. The molecule has 6 heteroatoms. The molecule has 1 fully saturated rings. The zero-order valence-electron chi connectivity index (χ0n) is 15.7. The van der Waals surface area contributed by atoms with Crippen LogP contribution in [-0.2, 0) is 4.74 Å². The Bertz CT molecular complexity index is 866. The molecule has 2 heterocycles. The van der Waals surface area contributed by atoms with Crippen molar-refractivity contribution in [3.05, 3.63) is 36.0 Å². The van der Waals surface area contributed by atoms with Gasteiger partial charge < -0.3 is 14.5 Å². The van der Waals surface area contributed by atoms with Gasteiger partial charge in [0, 0.05) is 42.9 Å². The third-order valence-corrected chi connectivity index (χ3v) is 4.46. The lowest BCUT2D eigenvalue weighted by atomic mass is 10.1. The van der Waals surface area contributed by atoms with Crippen molar-refractivity contribution in [1.29, 1.82) is 5.26 Å². The zero-order chi connectivity index (χ0) is 18.9. The molecule has 1 atom stereocenters. The first-order chi connectivity index (χ1) is 12.3. The molecule has 1 aromatic heterocycles. The Kier molecular flexibility index (Phi) is 4.73. The van der Waals surface area contributed by atoms with Crippen LogP contribution in [0.15, 0.2) is 30.5 Å². The van der Waals surface area contributed by atoms with Crippen molar-refractivity contribution in [2.75, 3.05) is 24.5 Å². The summed E-state index contributed by atoms with van der Waals surface area (Å²) in [6.45, 7) is 9.62. The number of rotatable bonds is 1. The molecule has 1 saturated heterocycles. The van der Waals surface area contributed by atoms with Crippen LogP contribution in [0.1, 0.15) is 33.3 Å². The van der Waals surface area contributed by atoms with E-state index >= 15 is 0 Å². The fourth-order valence-electron chi connectivity index (χ4n) is 3.31. The first-order valence-electron chi connectivity index (χ1n) is 8.82. The van der Waals surface area contributed by atoms with E-state index in [4.69, 9.17) is 4.74 Å². The van der Waals surface area contributed by atoms with Crippen LogP contribution in [0.4, 0.5) is 10.5 Å². The van der Waals surface area contributed by atoms with Gasteiger partial charge in [0.05, 0.1) is 11.1 Å². The quantitative estimate of drug-likeness (QED) is 0.785. The number of carbonyl (C=O) groups excluding carboxylic acids is 1. The summed E-state index contributed by atoms with van der Waals surface area (Å²) in [4.78, 5) is 20.8. The van der Waals surface area contributed by atoms with E-state index in [1.54, 1.807) is 11.1 Å². The van der Waals surface area contributed by atoms with Crippen LogP contribution < -0.4 is 4.90 Å². The number of nitrogens with zero attached hydrogens (tertiary/aromatic N) is 4. The van der Waals surface area contributed by atoms with E-state index in [-0.39, 0.29) is 12.1 Å². The maximum Gasteiger partial charge on any atom is 0.410 e. The fraction of sp³-hybridized carbons (Fsp3) is 0.450. The third-order valence-electron chi connectivity index (χ3n) is 4.46. The van der Waals surface area contributed by atoms with Crippen molar-refractivity contribution in [1.82, 2.24) is 9.88 Å². The predicted octanol–water partition coefficient (Wildman–Crippen LogP) is 3.55. The van der Waals surface area contributed by atoms with Gasteiger partial charge in [-0.05, 0) is 52.0 Å². The van der Waals surface area contributed by atoms with Crippen LogP contribution in [0.2, 0.25) is 0 Å². The minimum atomic E-state index is -0.494. The van der Waals surface area contributed by atoms with Crippen molar-refractivity contribution in [2.45, 2.75) is 39.3 Å². The maximum atomic E-state index is 12.3. The number of pyridine rings is 1. The number of carbonyl (C=O) groups is 1. The van der Waals surface area contributed by atoms with Gasteiger partial charge in [0.1, 0.15) is 11.7 Å². The van der Waals surface area contributed by atoms with E-state index in [0.717, 1.165) is 11.1 Å². The van der Waals surface area contributed by atoms with E-state index in [1.807, 2.05) is 45.0 Å². The van der Waals surface area contributed by atoms with Crippen LogP contribution in [0.5, 0.6) is 0 Å². The highest BCUT2D eigenvalue weighted by Crippen LogP contribution is 2.30. The van der Waals surface area contributed by atoms with Gasteiger partial charge in [0.15, 0.2) is 0 Å². The molecule has 3 rings (SSSR count). The summed E-state index contributed by atoms with van der Waals surface area (Å²) in [5, 5.41) is 10.3. The topological polar surface area (TPSA) is 69.5 Å². The number of aromatic nitrogens is 1. The predicted molar refractivity (Wildman–Crippen MR) is 101 cm³/mol. The average Bonchev–Trinajstić information content (AvgIpc) is 2.59. The lowest BCUT2D eigenvalue weighted by Gasteiger charge is -2.41. The van der Waals surface area contributed by atoms with Crippen LogP contribution in [0.3, 0.4) is 0 Å². The number of benzene rings is 1. The Hall–Kier alpha value is -2.81. The lowest BCUT2D eigenvalue weighted by molar-refractivity contribution is 0.0219. The molecule has 2 aromatic rings. The summed E-state index contributed by atoms with van der Waals surface area (Å²) in [5.74, 6) is 0. The van der Waals surface area contributed by atoms with Crippen LogP contribution in [0, 0.1) is 11.3 Å². The summed E-state index contributed by atoms with van der Waals surface area (Å²) < 4.78 is 5.49. The molecule has 0 radical (unpaired) electrons. The van der Waals surface area contributed by atoms with Gasteiger partial charge in [-0.25, -0.2) is 4.79 Å². The normalized spacial score (nSPS) is 17.9. The first-order valence-corrected chi connectivity index (χ1v) is 8.82. The van der Waals surface area contributed by atoms with E-state index in [0.29, 0.717) is 30.7 Å². The fourth-order valence-corrected chi connectivity index (χ4v) is 3.31. The number of anilines is 1. The number of piperazine rings is 1. The maximum absolute atomic E-state index is 12.3. The van der Waals surface area contributed by atoms with Crippen molar-refractivity contribution in [2.24, 2.45) is 0 Å². The second-order valence-electron chi connectivity index (χ2n) is 7.61. The van der Waals surface area contributed by atoms with E-state index < -0.39 is 5.60 Å². The van der Waals surface area contributed by atoms with Crippen molar-refractivity contribution in [3.8, 4) is 6.07 Å². The van der Waals surface area contributed by atoms with Crippen molar-refractivity contribution in [3.63, 3.8) is 0 Å². The van der Waals surface area contributed by atoms with Crippen molar-refractivity contribution >= 4 is 22.7 Å². The summed E-state index contributed by atoms with van der Waals surface area (Å²) in [7, 11) is 0. The SMILES string of the molecule is CC1CN(C(=O)OC(C)(C)C)CCN1c1ccc(C#N)c2ncccc12. The number of nitriles is 1. The summed E-state index contributed by atoms with van der Waals surface area (Å²) in [6.07, 6.45) is 1.44. The van der Waals surface area contributed by atoms with Crippen LogP contribution >= 0.6 is 0 Å².